The summed E-state index contributed by atoms with van der Waals surface area (Å²) in [5, 5.41) is 5.77. The standard InChI is InChI=1S/C22H28N2O2/c1-21(2,3)17-11-7-15(8-12-17)19(25)23-18-13-9-16(10-14-18)20(26)24-22(4,5)6/h7-14H,1-6H3,(H,23,25)(H,24,26). The van der Waals surface area contributed by atoms with Crippen molar-refractivity contribution in [2.45, 2.75) is 52.5 Å². The second-order valence-electron chi connectivity index (χ2n) is 8.56. The first kappa shape index (κ1) is 19.7. The van der Waals surface area contributed by atoms with Gasteiger partial charge in [-0.05, 0) is 68.1 Å². The van der Waals surface area contributed by atoms with Gasteiger partial charge < -0.3 is 10.6 Å². The zero-order valence-corrected chi connectivity index (χ0v) is 16.4. The number of amides is 2. The van der Waals surface area contributed by atoms with Crippen LogP contribution in [-0.4, -0.2) is 17.4 Å². The summed E-state index contributed by atoms with van der Waals surface area (Å²) in [6, 6.07) is 14.5. The van der Waals surface area contributed by atoms with Gasteiger partial charge in [0.25, 0.3) is 11.8 Å². The summed E-state index contributed by atoms with van der Waals surface area (Å²) >= 11 is 0. The molecule has 0 radical (unpaired) electrons. The molecule has 2 rings (SSSR count). The van der Waals surface area contributed by atoms with Crippen LogP contribution in [0.15, 0.2) is 48.5 Å². The number of benzene rings is 2. The SMILES string of the molecule is CC(C)(C)NC(=O)c1ccc(NC(=O)c2ccc(C(C)(C)C)cc2)cc1. The Morgan fingerprint density at radius 3 is 1.62 bits per heavy atom. The number of hydrogen-bond acceptors (Lipinski definition) is 2. The Bertz CT molecular complexity index is 777. The van der Waals surface area contributed by atoms with E-state index >= 15 is 0 Å². The Balaban J connectivity index is 2.04. The van der Waals surface area contributed by atoms with Gasteiger partial charge in [0.2, 0.25) is 0 Å². The normalized spacial score (nSPS) is 11.8. The summed E-state index contributed by atoms with van der Waals surface area (Å²) in [4.78, 5) is 24.5. The van der Waals surface area contributed by atoms with E-state index in [-0.39, 0.29) is 22.8 Å². The van der Waals surface area contributed by atoms with Gasteiger partial charge in [0.1, 0.15) is 0 Å². The highest BCUT2D eigenvalue weighted by atomic mass is 16.2. The average Bonchev–Trinajstić information content (AvgIpc) is 2.53. The topological polar surface area (TPSA) is 58.2 Å². The average molecular weight is 352 g/mol. The molecule has 2 aromatic rings. The van der Waals surface area contributed by atoms with Crippen molar-refractivity contribution >= 4 is 17.5 Å². The first-order chi connectivity index (χ1) is 12.0. The minimum atomic E-state index is -0.289. The fourth-order valence-corrected chi connectivity index (χ4v) is 2.44. The van der Waals surface area contributed by atoms with Crippen LogP contribution in [0, 0.1) is 0 Å². The maximum absolute atomic E-state index is 12.4. The molecule has 0 unspecified atom stereocenters. The van der Waals surface area contributed by atoms with Gasteiger partial charge in [-0.3, -0.25) is 9.59 Å². The van der Waals surface area contributed by atoms with Gasteiger partial charge in [0.05, 0.1) is 0 Å². The molecule has 26 heavy (non-hydrogen) atoms. The summed E-state index contributed by atoms with van der Waals surface area (Å²) in [7, 11) is 0. The summed E-state index contributed by atoms with van der Waals surface area (Å²) in [5.74, 6) is -0.300. The first-order valence-electron chi connectivity index (χ1n) is 8.80. The molecule has 4 heteroatoms. The summed E-state index contributed by atoms with van der Waals surface area (Å²) in [5.41, 5.74) is 2.77. The first-order valence-corrected chi connectivity index (χ1v) is 8.80. The van der Waals surface area contributed by atoms with Crippen molar-refractivity contribution in [2.75, 3.05) is 5.32 Å². The van der Waals surface area contributed by atoms with E-state index in [1.165, 1.54) is 5.56 Å². The van der Waals surface area contributed by atoms with Crippen molar-refractivity contribution < 1.29 is 9.59 Å². The Morgan fingerprint density at radius 1 is 0.692 bits per heavy atom. The number of anilines is 1. The third kappa shape index (κ3) is 5.45. The lowest BCUT2D eigenvalue weighted by Crippen LogP contribution is -2.40. The minimum absolute atomic E-state index is 0.0540. The van der Waals surface area contributed by atoms with Crippen molar-refractivity contribution in [2.24, 2.45) is 0 Å². The van der Waals surface area contributed by atoms with E-state index in [2.05, 4.69) is 31.4 Å². The lowest BCUT2D eigenvalue weighted by atomic mass is 9.87. The number of rotatable bonds is 3. The highest BCUT2D eigenvalue weighted by Gasteiger charge is 2.16. The van der Waals surface area contributed by atoms with Crippen LogP contribution in [0.2, 0.25) is 0 Å². The molecule has 0 spiro atoms. The van der Waals surface area contributed by atoms with Crippen LogP contribution in [0.25, 0.3) is 0 Å². The molecule has 0 saturated heterocycles. The van der Waals surface area contributed by atoms with Gasteiger partial charge in [-0.15, -0.1) is 0 Å². The molecule has 0 saturated carbocycles. The Kier molecular flexibility index (Phi) is 5.55. The van der Waals surface area contributed by atoms with E-state index in [1.807, 2.05) is 45.0 Å². The molecule has 0 bridgehead atoms. The summed E-state index contributed by atoms with van der Waals surface area (Å²) < 4.78 is 0. The van der Waals surface area contributed by atoms with E-state index in [1.54, 1.807) is 24.3 Å². The van der Waals surface area contributed by atoms with Crippen molar-refractivity contribution in [3.8, 4) is 0 Å². The molecule has 0 heterocycles. The molecule has 0 atom stereocenters. The molecule has 0 aliphatic heterocycles. The molecular formula is C22H28N2O2. The van der Waals surface area contributed by atoms with Crippen molar-refractivity contribution in [3.63, 3.8) is 0 Å². The van der Waals surface area contributed by atoms with Crippen LogP contribution in [0.1, 0.15) is 67.8 Å². The van der Waals surface area contributed by atoms with E-state index in [4.69, 9.17) is 0 Å². The maximum Gasteiger partial charge on any atom is 0.255 e. The molecule has 2 aromatic carbocycles. The van der Waals surface area contributed by atoms with Crippen LogP contribution in [0.3, 0.4) is 0 Å². The predicted molar refractivity (Wildman–Crippen MR) is 107 cm³/mol. The second-order valence-corrected chi connectivity index (χ2v) is 8.56. The molecule has 4 nitrogen and oxygen atoms in total. The summed E-state index contributed by atoms with van der Waals surface area (Å²) in [6.07, 6.45) is 0. The van der Waals surface area contributed by atoms with E-state index < -0.39 is 0 Å². The van der Waals surface area contributed by atoms with E-state index in [0.29, 0.717) is 16.8 Å². The highest BCUT2D eigenvalue weighted by molar-refractivity contribution is 6.04. The lowest BCUT2D eigenvalue weighted by Gasteiger charge is -2.20. The van der Waals surface area contributed by atoms with Gasteiger partial charge in [-0.1, -0.05) is 32.9 Å². The molecule has 0 aliphatic rings. The monoisotopic (exact) mass is 352 g/mol. The van der Waals surface area contributed by atoms with E-state index in [9.17, 15) is 9.59 Å². The molecule has 138 valence electrons. The molecule has 0 aromatic heterocycles. The fraction of sp³-hybridized carbons (Fsp3) is 0.364. The Labute approximate surface area is 156 Å². The molecular weight excluding hydrogens is 324 g/mol. The number of hydrogen-bond donors (Lipinski definition) is 2. The lowest BCUT2D eigenvalue weighted by molar-refractivity contribution is 0.0919. The van der Waals surface area contributed by atoms with Gasteiger partial charge in [0, 0.05) is 22.4 Å². The quantitative estimate of drug-likeness (QED) is 0.836. The third-order valence-electron chi connectivity index (χ3n) is 3.91. The second kappa shape index (κ2) is 7.32. The third-order valence-corrected chi connectivity index (χ3v) is 3.91. The van der Waals surface area contributed by atoms with Gasteiger partial charge in [-0.2, -0.15) is 0 Å². The van der Waals surface area contributed by atoms with Crippen LogP contribution in [-0.2, 0) is 5.41 Å². The number of carbonyl (C=O) groups excluding carboxylic acids is 2. The molecule has 0 aliphatic carbocycles. The molecule has 2 amide bonds. The van der Waals surface area contributed by atoms with Crippen molar-refractivity contribution in [1.82, 2.24) is 5.32 Å². The van der Waals surface area contributed by atoms with Crippen molar-refractivity contribution in [1.29, 1.82) is 0 Å². The maximum atomic E-state index is 12.4. The zero-order chi connectivity index (χ0) is 19.5. The number of nitrogens with one attached hydrogen (secondary N) is 2. The smallest absolute Gasteiger partial charge is 0.255 e. The van der Waals surface area contributed by atoms with Gasteiger partial charge >= 0.3 is 0 Å². The highest BCUT2D eigenvalue weighted by Crippen LogP contribution is 2.22. The van der Waals surface area contributed by atoms with Crippen LogP contribution in [0.4, 0.5) is 5.69 Å². The van der Waals surface area contributed by atoms with E-state index in [0.717, 1.165) is 0 Å². The van der Waals surface area contributed by atoms with Crippen LogP contribution < -0.4 is 10.6 Å². The van der Waals surface area contributed by atoms with Crippen LogP contribution in [0.5, 0.6) is 0 Å². The predicted octanol–water partition coefficient (Wildman–Crippen LogP) is 4.76. The Hall–Kier alpha value is -2.62. The largest absolute Gasteiger partial charge is 0.347 e. The fourth-order valence-electron chi connectivity index (χ4n) is 2.44. The minimum Gasteiger partial charge on any atom is -0.347 e. The van der Waals surface area contributed by atoms with Gasteiger partial charge in [-0.25, -0.2) is 0 Å². The Morgan fingerprint density at radius 2 is 1.15 bits per heavy atom. The zero-order valence-electron chi connectivity index (χ0n) is 16.4. The molecule has 0 fully saturated rings. The van der Waals surface area contributed by atoms with Crippen LogP contribution >= 0.6 is 0 Å². The summed E-state index contributed by atoms with van der Waals surface area (Å²) in [6.45, 7) is 12.2. The van der Waals surface area contributed by atoms with Crippen molar-refractivity contribution in [3.05, 3.63) is 65.2 Å². The number of carbonyl (C=O) groups is 2. The molecule has 2 N–H and O–H groups in total. The van der Waals surface area contributed by atoms with Gasteiger partial charge in [0.15, 0.2) is 0 Å².